The van der Waals surface area contributed by atoms with Crippen LogP contribution in [0.5, 0.6) is 0 Å². The molecule has 0 atom stereocenters. The molecular weight excluding hydrogens is 494 g/mol. The molecule has 12 heteroatoms. The van der Waals surface area contributed by atoms with Crippen LogP contribution in [0.2, 0.25) is 0 Å². The Hall–Kier alpha value is -4.61. The number of alkyl halides is 3. The van der Waals surface area contributed by atoms with Crippen molar-refractivity contribution in [1.82, 2.24) is 19.7 Å². The van der Waals surface area contributed by atoms with Crippen molar-refractivity contribution in [3.8, 4) is 22.5 Å². The fourth-order valence-electron chi connectivity index (χ4n) is 3.55. The highest BCUT2D eigenvalue weighted by Gasteiger charge is 2.36. The molecule has 0 unspecified atom stereocenters. The van der Waals surface area contributed by atoms with E-state index in [1.54, 1.807) is 30.3 Å². The Morgan fingerprint density at radius 1 is 1.11 bits per heavy atom. The quantitative estimate of drug-likeness (QED) is 0.297. The molecule has 1 N–H and O–H groups in total. The number of methoxy groups -OCH3 is 1. The first-order valence-electron chi connectivity index (χ1n) is 10.8. The number of hydrogen-bond donors (Lipinski definition) is 1. The zero-order chi connectivity index (χ0) is 26.7. The van der Waals surface area contributed by atoms with Gasteiger partial charge in [0.15, 0.2) is 0 Å². The summed E-state index contributed by atoms with van der Waals surface area (Å²) in [5.41, 5.74) is -1.60. The summed E-state index contributed by atoms with van der Waals surface area (Å²) in [6, 6.07) is 11.0. The Kier molecular flexibility index (Phi) is 7.00. The Morgan fingerprint density at radius 3 is 2.46 bits per heavy atom. The molecule has 0 saturated carbocycles. The highest BCUT2D eigenvalue weighted by Crippen LogP contribution is 2.38. The maximum atomic E-state index is 14.8. The maximum absolute atomic E-state index is 14.8. The van der Waals surface area contributed by atoms with Gasteiger partial charge in [-0.05, 0) is 18.2 Å². The van der Waals surface area contributed by atoms with Gasteiger partial charge < -0.3 is 10.1 Å². The second-order valence-corrected chi connectivity index (χ2v) is 7.87. The molecule has 0 spiro atoms. The number of carbonyl (C=O) groups is 2. The van der Waals surface area contributed by atoms with Crippen molar-refractivity contribution < 1.29 is 31.9 Å². The number of nitrogens with zero attached hydrogens (tertiary/aromatic N) is 4. The van der Waals surface area contributed by atoms with Crippen LogP contribution in [0.1, 0.15) is 21.7 Å². The molecule has 4 aromatic rings. The normalized spacial score (nSPS) is 11.3. The summed E-state index contributed by atoms with van der Waals surface area (Å²) < 4.78 is 61.7. The van der Waals surface area contributed by atoms with E-state index in [2.05, 4.69) is 25.1 Å². The minimum absolute atomic E-state index is 0.0588. The standard InChI is InChI=1S/C25H19F4N5O3/c1-34-9-8-19(33-34)15-10-16(18(26)11-17(15)25(27,28)29)24(36)31-20-13-30-21(12-22(35)37-2)32-23(20)14-6-4-3-5-7-14/h3-11,13H,12H2,1-2H3,(H,31,36). The molecule has 0 saturated heterocycles. The van der Waals surface area contributed by atoms with Crippen LogP contribution in [-0.2, 0) is 29.2 Å². The van der Waals surface area contributed by atoms with E-state index in [-0.39, 0.29) is 35.4 Å². The third-order valence-electron chi connectivity index (χ3n) is 5.31. The highest BCUT2D eigenvalue weighted by molar-refractivity contribution is 6.06. The van der Waals surface area contributed by atoms with Gasteiger partial charge in [0.05, 0.1) is 41.5 Å². The molecule has 0 radical (unpaired) electrons. The zero-order valence-electron chi connectivity index (χ0n) is 19.5. The van der Waals surface area contributed by atoms with E-state index in [1.807, 2.05) is 0 Å². The zero-order valence-corrected chi connectivity index (χ0v) is 19.5. The molecule has 0 aliphatic rings. The van der Waals surface area contributed by atoms with Crippen molar-refractivity contribution in [1.29, 1.82) is 0 Å². The van der Waals surface area contributed by atoms with Gasteiger partial charge in [-0.1, -0.05) is 30.3 Å². The lowest BCUT2D eigenvalue weighted by molar-refractivity contribution is -0.140. The van der Waals surface area contributed by atoms with Crippen molar-refractivity contribution in [2.24, 2.45) is 7.05 Å². The van der Waals surface area contributed by atoms with E-state index in [0.29, 0.717) is 5.56 Å². The maximum Gasteiger partial charge on any atom is 0.417 e. The number of esters is 1. The number of rotatable bonds is 6. The van der Waals surface area contributed by atoms with Crippen LogP contribution in [0.3, 0.4) is 0 Å². The molecule has 2 heterocycles. The molecule has 190 valence electrons. The number of carbonyl (C=O) groups excluding carboxylic acids is 2. The lowest BCUT2D eigenvalue weighted by atomic mass is 9.99. The fraction of sp³-hybridized carbons (Fsp3) is 0.160. The van der Waals surface area contributed by atoms with Crippen molar-refractivity contribution in [3.05, 3.63) is 83.7 Å². The molecule has 1 amide bonds. The molecule has 2 aromatic heterocycles. The number of nitrogens with one attached hydrogen (secondary N) is 1. The Bertz CT molecular complexity index is 1470. The SMILES string of the molecule is COC(=O)Cc1ncc(NC(=O)c2cc(-c3ccn(C)n3)c(C(F)(F)F)cc2F)c(-c2ccccc2)n1. The molecule has 2 aromatic carbocycles. The predicted octanol–water partition coefficient (Wildman–Crippen LogP) is 4.67. The van der Waals surface area contributed by atoms with Gasteiger partial charge in [-0.15, -0.1) is 0 Å². The third-order valence-corrected chi connectivity index (χ3v) is 5.31. The van der Waals surface area contributed by atoms with Gasteiger partial charge in [-0.25, -0.2) is 14.4 Å². The number of anilines is 1. The van der Waals surface area contributed by atoms with E-state index in [9.17, 15) is 27.2 Å². The van der Waals surface area contributed by atoms with Gasteiger partial charge >= 0.3 is 12.1 Å². The van der Waals surface area contributed by atoms with Crippen LogP contribution in [0, 0.1) is 5.82 Å². The first-order valence-corrected chi connectivity index (χ1v) is 10.8. The number of ether oxygens (including phenoxy) is 1. The molecule has 0 aliphatic heterocycles. The molecule has 8 nitrogen and oxygen atoms in total. The molecule has 0 aliphatic carbocycles. The Labute approximate surface area is 207 Å². The Balaban J connectivity index is 1.76. The van der Waals surface area contributed by atoms with Gasteiger partial charge in [0, 0.05) is 24.4 Å². The lowest BCUT2D eigenvalue weighted by Crippen LogP contribution is -2.18. The topological polar surface area (TPSA) is 99.0 Å². The second-order valence-electron chi connectivity index (χ2n) is 7.87. The van der Waals surface area contributed by atoms with E-state index in [4.69, 9.17) is 0 Å². The monoisotopic (exact) mass is 513 g/mol. The molecule has 0 bridgehead atoms. The van der Waals surface area contributed by atoms with Crippen LogP contribution in [0.4, 0.5) is 23.2 Å². The average Bonchev–Trinajstić information content (AvgIpc) is 3.30. The fourth-order valence-corrected chi connectivity index (χ4v) is 3.55. The van der Waals surface area contributed by atoms with Gasteiger partial charge in [0.25, 0.3) is 5.91 Å². The van der Waals surface area contributed by atoms with Gasteiger partial charge in [-0.3, -0.25) is 14.3 Å². The number of benzene rings is 2. The number of halogens is 4. The van der Waals surface area contributed by atoms with E-state index >= 15 is 0 Å². The summed E-state index contributed by atoms with van der Waals surface area (Å²) >= 11 is 0. The van der Waals surface area contributed by atoms with Crippen LogP contribution in [-0.4, -0.2) is 38.7 Å². The van der Waals surface area contributed by atoms with Crippen molar-refractivity contribution >= 4 is 17.6 Å². The summed E-state index contributed by atoms with van der Waals surface area (Å²) in [7, 11) is 2.73. The van der Waals surface area contributed by atoms with Crippen molar-refractivity contribution in [2.45, 2.75) is 12.6 Å². The van der Waals surface area contributed by atoms with Crippen LogP contribution >= 0.6 is 0 Å². The molecule has 37 heavy (non-hydrogen) atoms. The minimum Gasteiger partial charge on any atom is -0.469 e. The summed E-state index contributed by atoms with van der Waals surface area (Å²) in [4.78, 5) is 33.1. The molecule has 0 fully saturated rings. The van der Waals surface area contributed by atoms with Gasteiger partial charge in [0.1, 0.15) is 18.1 Å². The second kappa shape index (κ2) is 10.2. The Morgan fingerprint density at radius 2 is 1.84 bits per heavy atom. The average molecular weight is 513 g/mol. The largest absolute Gasteiger partial charge is 0.469 e. The third kappa shape index (κ3) is 5.63. The van der Waals surface area contributed by atoms with Gasteiger partial charge in [0.2, 0.25) is 0 Å². The van der Waals surface area contributed by atoms with Crippen LogP contribution < -0.4 is 5.32 Å². The lowest BCUT2D eigenvalue weighted by Gasteiger charge is -2.15. The first-order chi connectivity index (χ1) is 17.6. The molecule has 4 rings (SSSR count). The number of aromatic nitrogens is 4. The van der Waals surface area contributed by atoms with Crippen LogP contribution in [0.25, 0.3) is 22.5 Å². The minimum atomic E-state index is -4.88. The van der Waals surface area contributed by atoms with Crippen LogP contribution in [0.15, 0.2) is 60.9 Å². The summed E-state index contributed by atoms with van der Waals surface area (Å²) in [6.07, 6.45) is -2.46. The number of aryl methyl sites for hydroxylation is 1. The van der Waals surface area contributed by atoms with Crippen molar-refractivity contribution in [3.63, 3.8) is 0 Å². The van der Waals surface area contributed by atoms with Crippen molar-refractivity contribution in [2.75, 3.05) is 12.4 Å². The van der Waals surface area contributed by atoms with E-state index < -0.39 is 40.6 Å². The predicted molar refractivity (Wildman–Crippen MR) is 125 cm³/mol. The highest BCUT2D eigenvalue weighted by atomic mass is 19.4. The number of hydrogen-bond acceptors (Lipinski definition) is 6. The van der Waals surface area contributed by atoms with Gasteiger partial charge in [-0.2, -0.15) is 18.3 Å². The summed E-state index contributed by atoms with van der Waals surface area (Å²) in [5, 5.41) is 6.44. The molecular formula is C25H19F4N5O3. The smallest absolute Gasteiger partial charge is 0.417 e. The van der Waals surface area contributed by atoms with E-state index in [1.165, 1.54) is 37.3 Å². The summed E-state index contributed by atoms with van der Waals surface area (Å²) in [6.45, 7) is 0. The first kappa shape index (κ1) is 25.5. The summed E-state index contributed by atoms with van der Waals surface area (Å²) in [5.74, 6) is -2.86. The van der Waals surface area contributed by atoms with E-state index in [0.717, 1.165) is 6.07 Å². The number of amides is 1.